The van der Waals surface area contributed by atoms with E-state index >= 15 is 0 Å². The predicted molar refractivity (Wildman–Crippen MR) is 70.1 cm³/mol. The molecule has 1 aliphatic rings. The van der Waals surface area contributed by atoms with Gasteiger partial charge in [-0.25, -0.2) is 9.78 Å². The molecule has 0 amide bonds. The molecule has 0 radical (unpaired) electrons. The summed E-state index contributed by atoms with van der Waals surface area (Å²) in [6, 6.07) is 3.38. The van der Waals surface area contributed by atoms with Crippen LogP contribution in [0, 0.1) is 5.92 Å². The largest absolute Gasteiger partial charge is 0.457 e. The first kappa shape index (κ1) is 12.9. The molecular formula is C14H20N2O2. The Balaban J connectivity index is 2.04. The number of carbonyl (C=O) groups is 1. The van der Waals surface area contributed by atoms with Crippen LogP contribution in [0.2, 0.25) is 0 Å². The molecule has 2 atom stereocenters. The normalized spacial score (nSPS) is 23.6. The molecule has 1 heterocycles. The minimum absolute atomic E-state index is 0.0256. The summed E-state index contributed by atoms with van der Waals surface area (Å²) < 4.78 is 5.58. The van der Waals surface area contributed by atoms with Gasteiger partial charge >= 0.3 is 5.97 Å². The lowest BCUT2D eigenvalue weighted by atomic mass is 9.85. The summed E-state index contributed by atoms with van der Waals surface area (Å²) in [5.74, 6) is 0.0890. The molecular weight excluding hydrogens is 228 g/mol. The lowest BCUT2D eigenvalue weighted by molar-refractivity contribution is 0.000239. The summed E-state index contributed by atoms with van der Waals surface area (Å²) in [7, 11) is 0. The van der Waals surface area contributed by atoms with E-state index in [-0.39, 0.29) is 11.8 Å². The summed E-state index contributed by atoms with van der Waals surface area (Å²) >= 11 is 0. The molecule has 2 unspecified atom stereocenters. The lowest BCUT2D eigenvalue weighted by Gasteiger charge is -2.30. The molecule has 1 saturated carbocycles. The third kappa shape index (κ3) is 2.81. The highest BCUT2D eigenvalue weighted by atomic mass is 16.5. The van der Waals surface area contributed by atoms with E-state index in [4.69, 9.17) is 10.5 Å². The van der Waals surface area contributed by atoms with E-state index in [0.717, 1.165) is 25.7 Å². The third-order valence-corrected chi connectivity index (χ3v) is 3.65. The Bertz CT molecular complexity index is 420. The van der Waals surface area contributed by atoms with E-state index in [1.807, 2.05) is 0 Å². The topological polar surface area (TPSA) is 65.2 Å². The maximum Gasteiger partial charge on any atom is 0.359 e. The van der Waals surface area contributed by atoms with Gasteiger partial charge in [0, 0.05) is 6.20 Å². The zero-order valence-corrected chi connectivity index (χ0v) is 10.8. The molecule has 0 bridgehead atoms. The first-order valence-corrected chi connectivity index (χ1v) is 6.63. The molecule has 0 aromatic carbocycles. The number of esters is 1. The molecule has 4 nitrogen and oxygen atoms in total. The first-order valence-electron chi connectivity index (χ1n) is 6.63. The second kappa shape index (κ2) is 5.85. The van der Waals surface area contributed by atoms with Gasteiger partial charge in [0.15, 0.2) is 5.69 Å². The first-order chi connectivity index (χ1) is 8.72. The molecule has 2 rings (SSSR count). The van der Waals surface area contributed by atoms with E-state index < -0.39 is 5.97 Å². The van der Waals surface area contributed by atoms with Crippen molar-refractivity contribution in [3.8, 4) is 0 Å². The molecule has 0 saturated heterocycles. The SMILES string of the molecule is CCC1CCCCC1OC(=O)c1ncccc1N. The van der Waals surface area contributed by atoms with Crippen molar-refractivity contribution in [2.45, 2.75) is 45.1 Å². The van der Waals surface area contributed by atoms with E-state index in [0.29, 0.717) is 11.6 Å². The number of nitrogens with two attached hydrogens (primary N) is 1. The van der Waals surface area contributed by atoms with Crippen LogP contribution in [0.15, 0.2) is 18.3 Å². The molecule has 0 aliphatic heterocycles. The Labute approximate surface area is 108 Å². The molecule has 18 heavy (non-hydrogen) atoms. The lowest BCUT2D eigenvalue weighted by Crippen LogP contribution is -2.30. The minimum atomic E-state index is -0.390. The van der Waals surface area contributed by atoms with Crippen molar-refractivity contribution in [1.82, 2.24) is 4.98 Å². The fourth-order valence-electron chi connectivity index (χ4n) is 2.58. The predicted octanol–water partition coefficient (Wildman–Crippen LogP) is 2.79. The van der Waals surface area contributed by atoms with Gasteiger partial charge in [-0.3, -0.25) is 0 Å². The van der Waals surface area contributed by atoms with Crippen molar-refractivity contribution >= 4 is 11.7 Å². The zero-order valence-electron chi connectivity index (χ0n) is 10.8. The minimum Gasteiger partial charge on any atom is -0.457 e. The van der Waals surface area contributed by atoms with E-state index in [9.17, 15) is 4.79 Å². The fraction of sp³-hybridized carbons (Fsp3) is 0.571. The number of aromatic nitrogens is 1. The molecule has 1 aliphatic carbocycles. The second-order valence-electron chi connectivity index (χ2n) is 4.84. The summed E-state index contributed by atoms with van der Waals surface area (Å²) in [4.78, 5) is 16.0. The van der Waals surface area contributed by atoms with Gasteiger partial charge in [0.1, 0.15) is 6.10 Å². The zero-order chi connectivity index (χ0) is 13.0. The molecule has 98 valence electrons. The maximum absolute atomic E-state index is 12.0. The van der Waals surface area contributed by atoms with Crippen LogP contribution < -0.4 is 5.73 Å². The van der Waals surface area contributed by atoms with Crippen molar-refractivity contribution in [2.24, 2.45) is 5.92 Å². The van der Waals surface area contributed by atoms with Crippen molar-refractivity contribution < 1.29 is 9.53 Å². The van der Waals surface area contributed by atoms with Gasteiger partial charge in [-0.15, -0.1) is 0 Å². The van der Waals surface area contributed by atoms with Crippen LogP contribution >= 0.6 is 0 Å². The van der Waals surface area contributed by atoms with Gasteiger partial charge in [-0.1, -0.05) is 13.3 Å². The van der Waals surface area contributed by atoms with Crippen molar-refractivity contribution in [3.05, 3.63) is 24.0 Å². The molecule has 1 aromatic rings. The quantitative estimate of drug-likeness (QED) is 0.835. The van der Waals surface area contributed by atoms with Gasteiger partial charge in [0.25, 0.3) is 0 Å². The molecule has 2 N–H and O–H groups in total. The smallest absolute Gasteiger partial charge is 0.359 e. The summed E-state index contributed by atoms with van der Waals surface area (Å²) in [6.45, 7) is 2.14. The number of nitrogen functional groups attached to an aromatic ring is 1. The Kier molecular flexibility index (Phi) is 4.18. The number of pyridine rings is 1. The van der Waals surface area contributed by atoms with Gasteiger partial charge in [0.05, 0.1) is 5.69 Å². The van der Waals surface area contributed by atoms with Crippen molar-refractivity contribution in [1.29, 1.82) is 0 Å². The van der Waals surface area contributed by atoms with Crippen LogP contribution in [0.1, 0.15) is 49.5 Å². The van der Waals surface area contributed by atoms with Crippen molar-refractivity contribution in [2.75, 3.05) is 5.73 Å². The van der Waals surface area contributed by atoms with Gasteiger partial charge in [-0.05, 0) is 43.7 Å². The molecule has 4 heteroatoms. The Morgan fingerprint density at radius 3 is 3.00 bits per heavy atom. The number of hydrogen-bond acceptors (Lipinski definition) is 4. The number of nitrogens with zero attached hydrogens (tertiary/aromatic N) is 1. The van der Waals surface area contributed by atoms with E-state index in [2.05, 4.69) is 11.9 Å². The standard InChI is InChI=1S/C14H20N2O2/c1-2-10-6-3-4-8-12(10)18-14(17)13-11(15)7-5-9-16-13/h5,7,9-10,12H,2-4,6,8,15H2,1H3. The Morgan fingerprint density at radius 1 is 1.50 bits per heavy atom. The average Bonchev–Trinajstić information content (AvgIpc) is 2.39. The van der Waals surface area contributed by atoms with Crippen LogP contribution in [-0.2, 0) is 4.74 Å². The van der Waals surface area contributed by atoms with Crippen LogP contribution in [0.3, 0.4) is 0 Å². The summed E-state index contributed by atoms with van der Waals surface area (Å²) in [5, 5.41) is 0. The maximum atomic E-state index is 12.0. The highest BCUT2D eigenvalue weighted by Crippen LogP contribution is 2.29. The summed E-state index contributed by atoms with van der Waals surface area (Å²) in [6.07, 6.45) is 7.10. The number of carbonyl (C=O) groups excluding carboxylic acids is 1. The third-order valence-electron chi connectivity index (χ3n) is 3.65. The highest BCUT2D eigenvalue weighted by molar-refractivity contribution is 5.92. The summed E-state index contributed by atoms with van der Waals surface area (Å²) in [5.41, 5.74) is 6.35. The van der Waals surface area contributed by atoms with Crippen LogP contribution in [0.4, 0.5) is 5.69 Å². The van der Waals surface area contributed by atoms with Crippen LogP contribution in [0.5, 0.6) is 0 Å². The van der Waals surface area contributed by atoms with Crippen LogP contribution in [0.25, 0.3) is 0 Å². The molecule has 1 fully saturated rings. The molecule has 0 spiro atoms. The number of hydrogen-bond donors (Lipinski definition) is 1. The van der Waals surface area contributed by atoms with E-state index in [1.165, 1.54) is 6.42 Å². The number of rotatable bonds is 3. The van der Waals surface area contributed by atoms with Gasteiger partial charge < -0.3 is 10.5 Å². The molecule has 1 aromatic heterocycles. The van der Waals surface area contributed by atoms with E-state index in [1.54, 1.807) is 18.3 Å². The monoisotopic (exact) mass is 248 g/mol. The van der Waals surface area contributed by atoms with Crippen molar-refractivity contribution in [3.63, 3.8) is 0 Å². The number of ether oxygens (including phenoxy) is 1. The Morgan fingerprint density at radius 2 is 2.28 bits per heavy atom. The average molecular weight is 248 g/mol. The van der Waals surface area contributed by atoms with Crippen LogP contribution in [-0.4, -0.2) is 17.1 Å². The number of anilines is 1. The van der Waals surface area contributed by atoms with Gasteiger partial charge in [-0.2, -0.15) is 0 Å². The Hall–Kier alpha value is -1.58. The van der Waals surface area contributed by atoms with Gasteiger partial charge in [0.2, 0.25) is 0 Å². The highest BCUT2D eigenvalue weighted by Gasteiger charge is 2.28. The second-order valence-corrected chi connectivity index (χ2v) is 4.84. The fourth-order valence-corrected chi connectivity index (χ4v) is 2.58.